The molecule has 1 atom stereocenters. The summed E-state index contributed by atoms with van der Waals surface area (Å²) in [5, 5.41) is 10.6. The monoisotopic (exact) mass is 411 g/mol. The molecule has 27 heavy (non-hydrogen) atoms. The third kappa shape index (κ3) is 4.95. The number of hydrogen-bond donors (Lipinski definition) is 2. The zero-order valence-corrected chi connectivity index (χ0v) is 14.1. The van der Waals surface area contributed by atoms with E-state index in [4.69, 9.17) is 9.63 Å². The highest BCUT2D eigenvalue weighted by molar-refractivity contribution is 7.52. The summed E-state index contributed by atoms with van der Waals surface area (Å²) in [5.41, 5.74) is 0. The van der Waals surface area contributed by atoms with Gasteiger partial charge in [0.1, 0.15) is 5.75 Å². The number of rotatable bonds is 8. The molecule has 0 spiro atoms. The van der Waals surface area contributed by atoms with Gasteiger partial charge in [0.05, 0.1) is 6.42 Å². The average Bonchev–Trinajstić information content (AvgIpc) is 2.62. The number of nitrogens with one attached hydrogen (secondary N) is 1. The number of benzene rings is 2. The van der Waals surface area contributed by atoms with Crippen LogP contribution in [0.1, 0.15) is 6.42 Å². The van der Waals surface area contributed by atoms with Crippen molar-refractivity contribution in [3.63, 3.8) is 0 Å². The molecule has 0 amide bonds. The molecule has 0 aliphatic heterocycles. The Kier molecular flexibility index (Phi) is 6.40. The zero-order valence-electron chi connectivity index (χ0n) is 13.2. The predicted molar refractivity (Wildman–Crippen MR) is 81.8 cm³/mol. The summed E-state index contributed by atoms with van der Waals surface area (Å²) in [4.78, 5) is 10.6. The first-order valence-electron chi connectivity index (χ1n) is 7.17. The molecule has 0 aromatic heterocycles. The lowest BCUT2D eigenvalue weighted by Crippen LogP contribution is -2.22. The molecule has 0 saturated heterocycles. The lowest BCUT2D eigenvalue weighted by molar-refractivity contribution is -0.136. The van der Waals surface area contributed by atoms with Gasteiger partial charge in [-0.2, -0.15) is 8.78 Å². The van der Waals surface area contributed by atoms with Gasteiger partial charge in [0.15, 0.2) is 0 Å². The Bertz CT molecular complexity index is 867. The summed E-state index contributed by atoms with van der Waals surface area (Å²) in [7, 11) is -4.78. The number of para-hydroxylation sites is 1. The highest BCUT2D eigenvalue weighted by atomic mass is 31.2. The second-order valence-corrected chi connectivity index (χ2v) is 6.62. The first kappa shape index (κ1) is 20.7. The number of halogens is 5. The second kappa shape index (κ2) is 8.36. The van der Waals surface area contributed by atoms with E-state index in [-0.39, 0.29) is 5.75 Å². The topological polar surface area (TPSA) is 84.9 Å². The standard InChI is InChI=1S/C15H11F5NO5P/c16-10-11(17)13(19)15(14(20)12(10)18)26-27(24,21-7-6-9(22)23)25-8-4-2-1-3-5-8/h1-5H,6-7H2,(H,21,24)(H,22,23)/t27-/m0/s1. The highest BCUT2D eigenvalue weighted by Crippen LogP contribution is 2.47. The molecule has 146 valence electrons. The lowest BCUT2D eigenvalue weighted by atomic mass is 10.3. The van der Waals surface area contributed by atoms with Crippen LogP contribution in [-0.2, 0) is 9.36 Å². The summed E-state index contributed by atoms with van der Waals surface area (Å²) in [6.45, 7) is -0.547. The van der Waals surface area contributed by atoms with Crippen molar-refractivity contribution in [1.29, 1.82) is 0 Å². The van der Waals surface area contributed by atoms with Gasteiger partial charge >= 0.3 is 13.7 Å². The van der Waals surface area contributed by atoms with Crippen LogP contribution in [0.25, 0.3) is 0 Å². The fraction of sp³-hybridized carbons (Fsp3) is 0.133. The van der Waals surface area contributed by atoms with E-state index in [1.807, 2.05) is 5.09 Å². The minimum atomic E-state index is -4.78. The van der Waals surface area contributed by atoms with Crippen molar-refractivity contribution in [3.05, 3.63) is 59.4 Å². The summed E-state index contributed by atoms with van der Waals surface area (Å²) >= 11 is 0. The van der Waals surface area contributed by atoms with E-state index >= 15 is 0 Å². The molecule has 2 aromatic rings. The molecule has 2 aromatic carbocycles. The van der Waals surface area contributed by atoms with Gasteiger partial charge in [-0.05, 0) is 12.1 Å². The van der Waals surface area contributed by atoms with Gasteiger partial charge in [0.25, 0.3) is 0 Å². The maximum absolute atomic E-state index is 13.8. The normalized spacial score (nSPS) is 13.1. The molecule has 0 bridgehead atoms. The molecule has 0 heterocycles. The van der Waals surface area contributed by atoms with Gasteiger partial charge in [-0.3, -0.25) is 4.79 Å². The van der Waals surface area contributed by atoms with Gasteiger partial charge in [-0.1, -0.05) is 18.2 Å². The van der Waals surface area contributed by atoms with Crippen molar-refractivity contribution < 1.29 is 45.5 Å². The van der Waals surface area contributed by atoms with E-state index in [2.05, 4.69) is 4.52 Å². The van der Waals surface area contributed by atoms with Crippen LogP contribution in [0.2, 0.25) is 0 Å². The Morgan fingerprint density at radius 1 is 0.926 bits per heavy atom. The molecule has 0 saturated carbocycles. The van der Waals surface area contributed by atoms with Crippen molar-refractivity contribution in [2.24, 2.45) is 0 Å². The SMILES string of the molecule is O=C(O)CCN[P@](=O)(Oc1ccccc1)Oc1c(F)c(F)c(F)c(F)c1F. The van der Waals surface area contributed by atoms with Crippen LogP contribution < -0.4 is 14.1 Å². The van der Waals surface area contributed by atoms with Crippen molar-refractivity contribution in [2.75, 3.05) is 6.54 Å². The van der Waals surface area contributed by atoms with Crippen LogP contribution in [-0.4, -0.2) is 17.6 Å². The molecular weight excluding hydrogens is 400 g/mol. The molecule has 0 radical (unpaired) electrons. The zero-order chi connectivity index (χ0) is 20.2. The minimum absolute atomic E-state index is 0.132. The molecule has 0 aliphatic rings. The van der Waals surface area contributed by atoms with E-state index in [9.17, 15) is 31.3 Å². The molecule has 2 N–H and O–H groups in total. The second-order valence-electron chi connectivity index (χ2n) is 4.94. The van der Waals surface area contributed by atoms with E-state index in [0.29, 0.717) is 0 Å². The third-order valence-corrected chi connectivity index (χ3v) is 4.48. The first-order valence-corrected chi connectivity index (χ1v) is 8.71. The van der Waals surface area contributed by atoms with Crippen LogP contribution in [0.3, 0.4) is 0 Å². The van der Waals surface area contributed by atoms with Crippen LogP contribution >= 0.6 is 7.75 Å². The van der Waals surface area contributed by atoms with Crippen molar-refractivity contribution >= 4 is 13.7 Å². The van der Waals surface area contributed by atoms with Crippen molar-refractivity contribution in [2.45, 2.75) is 6.42 Å². The van der Waals surface area contributed by atoms with Gasteiger partial charge in [0.2, 0.25) is 34.8 Å². The maximum atomic E-state index is 13.8. The summed E-state index contributed by atoms with van der Waals surface area (Å²) < 4.78 is 89.4. The molecule has 0 fully saturated rings. The summed E-state index contributed by atoms with van der Waals surface area (Å²) in [6, 6.07) is 6.98. The quantitative estimate of drug-likeness (QED) is 0.296. The Balaban J connectivity index is 2.40. The van der Waals surface area contributed by atoms with E-state index < -0.39 is 61.5 Å². The smallest absolute Gasteiger partial charge is 0.481 e. The molecular formula is C15H11F5NO5P. The molecule has 0 unspecified atom stereocenters. The van der Waals surface area contributed by atoms with Crippen molar-refractivity contribution in [1.82, 2.24) is 5.09 Å². The molecule has 6 nitrogen and oxygen atoms in total. The average molecular weight is 411 g/mol. The number of carboxylic acids is 1. The van der Waals surface area contributed by atoms with Crippen LogP contribution in [0, 0.1) is 29.1 Å². The summed E-state index contributed by atoms with van der Waals surface area (Å²) in [5.74, 6) is -15.0. The fourth-order valence-electron chi connectivity index (χ4n) is 1.79. The van der Waals surface area contributed by atoms with E-state index in [0.717, 1.165) is 0 Å². The maximum Gasteiger partial charge on any atom is 0.513 e. The van der Waals surface area contributed by atoms with E-state index in [1.54, 1.807) is 6.07 Å². The fourth-order valence-corrected chi connectivity index (χ4v) is 3.14. The summed E-state index contributed by atoms with van der Waals surface area (Å²) in [6.07, 6.45) is -0.595. The lowest BCUT2D eigenvalue weighted by Gasteiger charge is -2.21. The Hall–Kier alpha value is -2.65. The Morgan fingerprint density at radius 3 is 1.96 bits per heavy atom. The molecule has 0 aliphatic carbocycles. The minimum Gasteiger partial charge on any atom is -0.481 e. The van der Waals surface area contributed by atoms with Gasteiger partial charge in [-0.15, -0.1) is 0 Å². The predicted octanol–water partition coefficient (Wildman–Crippen LogP) is 4.01. The highest BCUT2D eigenvalue weighted by Gasteiger charge is 2.35. The molecule has 2 rings (SSSR count). The van der Waals surface area contributed by atoms with Crippen molar-refractivity contribution in [3.8, 4) is 11.5 Å². The number of hydrogen-bond acceptors (Lipinski definition) is 4. The van der Waals surface area contributed by atoms with Gasteiger partial charge in [-0.25, -0.2) is 22.8 Å². The van der Waals surface area contributed by atoms with Crippen LogP contribution in [0.4, 0.5) is 22.0 Å². The largest absolute Gasteiger partial charge is 0.513 e. The number of carboxylic acid groups (broad SMARTS) is 1. The van der Waals surface area contributed by atoms with Crippen LogP contribution in [0.5, 0.6) is 11.5 Å². The van der Waals surface area contributed by atoms with Gasteiger partial charge < -0.3 is 14.2 Å². The third-order valence-electron chi connectivity index (χ3n) is 2.99. The molecule has 12 heteroatoms. The Labute approximate surface area is 149 Å². The Morgan fingerprint density at radius 2 is 1.44 bits per heavy atom. The van der Waals surface area contributed by atoms with E-state index in [1.165, 1.54) is 24.3 Å². The number of aliphatic carboxylic acids is 1. The van der Waals surface area contributed by atoms with Gasteiger partial charge in [0, 0.05) is 6.54 Å². The van der Waals surface area contributed by atoms with Crippen LogP contribution in [0.15, 0.2) is 30.3 Å². The first-order chi connectivity index (χ1) is 12.6. The number of carbonyl (C=O) groups is 1.